The monoisotopic (exact) mass is 357 g/mol. The molecular weight excluding hydrogens is 341 g/mol. The Labute approximate surface area is 145 Å². The third-order valence-electron chi connectivity index (χ3n) is 4.16. The third-order valence-corrected chi connectivity index (χ3v) is 5.59. The van der Waals surface area contributed by atoms with Crippen LogP contribution in [0.3, 0.4) is 0 Å². The van der Waals surface area contributed by atoms with Crippen molar-refractivity contribution in [1.82, 2.24) is 9.29 Å². The van der Waals surface area contributed by atoms with E-state index in [1.54, 1.807) is 18.2 Å². The fourth-order valence-corrected chi connectivity index (χ4v) is 3.71. The number of nitrogens with one attached hydrogen (secondary N) is 1. The molecule has 5 nitrogen and oxygen atoms in total. The summed E-state index contributed by atoms with van der Waals surface area (Å²) < 4.78 is 41.5. The van der Waals surface area contributed by atoms with Crippen LogP contribution in [0.4, 0.5) is 4.39 Å². The van der Waals surface area contributed by atoms with Gasteiger partial charge >= 0.3 is 0 Å². The molecule has 0 aliphatic rings. The van der Waals surface area contributed by atoms with E-state index in [4.69, 9.17) is 0 Å². The highest BCUT2D eigenvalue weighted by Crippen LogP contribution is 2.34. The lowest BCUT2D eigenvalue weighted by molar-refractivity contribution is 0.588. The van der Waals surface area contributed by atoms with E-state index in [1.807, 2.05) is 11.5 Å². The van der Waals surface area contributed by atoms with Crippen molar-refractivity contribution in [3.63, 3.8) is 0 Å². The number of aromatic nitrogens is 1. The van der Waals surface area contributed by atoms with E-state index in [0.717, 1.165) is 5.52 Å². The van der Waals surface area contributed by atoms with Crippen molar-refractivity contribution in [2.75, 3.05) is 7.05 Å². The molecule has 7 heteroatoms. The fourth-order valence-electron chi connectivity index (χ4n) is 2.98. The summed E-state index contributed by atoms with van der Waals surface area (Å²) in [6, 6.07) is 12.8. The van der Waals surface area contributed by atoms with Gasteiger partial charge in [-0.25, -0.2) is 17.5 Å². The Hall–Kier alpha value is -2.69. The molecule has 0 unspecified atom stereocenters. The van der Waals surface area contributed by atoms with Crippen LogP contribution < -0.4 is 4.72 Å². The van der Waals surface area contributed by atoms with Crippen molar-refractivity contribution < 1.29 is 12.8 Å². The van der Waals surface area contributed by atoms with Crippen LogP contribution in [0.15, 0.2) is 47.4 Å². The number of benzene rings is 2. The molecule has 1 heterocycles. The van der Waals surface area contributed by atoms with Gasteiger partial charge < -0.3 is 4.57 Å². The average Bonchev–Trinajstić information content (AvgIpc) is 2.94. The van der Waals surface area contributed by atoms with Gasteiger partial charge in [-0.1, -0.05) is 12.1 Å². The SMILES string of the molecule is CCn1c(-c2ccc(S(=O)(=O)NC)cc2)c(C#N)c2cc(F)ccc21. The number of hydrogen-bond acceptors (Lipinski definition) is 3. The largest absolute Gasteiger partial charge is 0.340 e. The molecule has 3 aromatic rings. The topological polar surface area (TPSA) is 74.9 Å². The van der Waals surface area contributed by atoms with Gasteiger partial charge in [0.1, 0.15) is 11.9 Å². The Kier molecular flexibility index (Phi) is 4.33. The predicted octanol–water partition coefficient (Wildman–Crippen LogP) is 3.25. The molecule has 128 valence electrons. The second kappa shape index (κ2) is 6.31. The molecule has 0 amide bonds. The smallest absolute Gasteiger partial charge is 0.240 e. The molecule has 2 aromatic carbocycles. The number of sulfonamides is 1. The van der Waals surface area contributed by atoms with Crippen LogP contribution in [-0.2, 0) is 16.6 Å². The van der Waals surface area contributed by atoms with Gasteiger partial charge in [0.15, 0.2) is 0 Å². The molecule has 0 saturated heterocycles. The summed E-state index contributed by atoms with van der Waals surface area (Å²) in [5, 5.41) is 10.2. The number of nitrogens with zero attached hydrogens (tertiary/aromatic N) is 2. The second-order valence-corrected chi connectivity index (χ2v) is 7.36. The lowest BCUT2D eigenvalue weighted by Crippen LogP contribution is -2.18. The molecular formula is C18H16FN3O2S. The normalized spacial score (nSPS) is 11.6. The minimum Gasteiger partial charge on any atom is -0.340 e. The summed E-state index contributed by atoms with van der Waals surface area (Å²) in [5.74, 6) is -0.403. The maximum absolute atomic E-state index is 13.6. The molecule has 0 spiro atoms. The van der Waals surface area contributed by atoms with E-state index in [-0.39, 0.29) is 4.90 Å². The highest BCUT2D eigenvalue weighted by atomic mass is 32.2. The zero-order valence-electron chi connectivity index (χ0n) is 13.7. The first-order chi connectivity index (χ1) is 11.9. The number of fused-ring (bicyclic) bond motifs is 1. The number of rotatable bonds is 4. The molecule has 0 aliphatic heterocycles. The fraction of sp³-hybridized carbons (Fsp3) is 0.167. The second-order valence-electron chi connectivity index (χ2n) is 5.47. The number of aryl methyl sites for hydroxylation is 1. The summed E-state index contributed by atoms with van der Waals surface area (Å²) in [7, 11) is -2.18. The maximum atomic E-state index is 13.6. The Morgan fingerprint density at radius 2 is 1.88 bits per heavy atom. The Balaban J connectivity index is 2.27. The van der Waals surface area contributed by atoms with E-state index in [1.165, 1.54) is 31.3 Å². The van der Waals surface area contributed by atoms with Crippen molar-refractivity contribution in [2.45, 2.75) is 18.4 Å². The van der Waals surface area contributed by atoms with E-state index in [9.17, 15) is 18.1 Å². The summed E-state index contributed by atoms with van der Waals surface area (Å²) in [6.07, 6.45) is 0. The number of halogens is 1. The lowest BCUT2D eigenvalue weighted by atomic mass is 10.1. The molecule has 3 rings (SSSR count). The van der Waals surface area contributed by atoms with Crippen LogP contribution in [-0.4, -0.2) is 20.0 Å². The van der Waals surface area contributed by atoms with Crippen molar-refractivity contribution in [3.05, 3.63) is 53.8 Å². The van der Waals surface area contributed by atoms with Crippen molar-refractivity contribution in [3.8, 4) is 17.3 Å². The third kappa shape index (κ3) is 2.80. The minimum atomic E-state index is -3.53. The van der Waals surface area contributed by atoms with Gasteiger partial charge in [-0.2, -0.15) is 5.26 Å². The van der Waals surface area contributed by atoms with Gasteiger partial charge in [-0.05, 0) is 49.9 Å². The zero-order chi connectivity index (χ0) is 18.2. The summed E-state index contributed by atoms with van der Waals surface area (Å²) in [4.78, 5) is 0.141. The van der Waals surface area contributed by atoms with E-state index in [2.05, 4.69) is 10.8 Å². The highest BCUT2D eigenvalue weighted by Gasteiger charge is 2.19. The molecule has 0 bridgehead atoms. The van der Waals surface area contributed by atoms with Crippen LogP contribution in [0.2, 0.25) is 0 Å². The van der Waals surface area contributed by atoms with Crippen LogP contribution in [0.1, 0.15) is 12.5 Å². The first kappa shape index (κ1) is 17.1. The maximum Gasteiger partial charge on any atom is 0.240 e. The van der Waals surface area contributed by atoms with E-state index < -0.39 is 15.8 Å². The summed E-state index contributed by atoms with van der Waals surface area (Å²) in [6.45, 7) is 2.53. The predicted molar refractivity (Wildman–Crippen MR) is 94.0 cm³/mol. The van der Waals surface area contributed by atoms with Crippen LogP contribution >= 0.6 is 0 Å². The van der Waals surface area contributed by atoms with Crippen LogP contribution in [0.25, 0.3) is 22.2 Å². The van der Waals surface area contributed by atoms with Gasteiger partial charge in [-0.15, -0.1) is 0 Å². The Morgan fingerprint density at radius 3 is 2.44 bits per heavy atom. The quantitative estimate of drug-likeness (QED) is 0.779. The van der Waals surface area contributed by atoms with E-state index >= 15 is 0 Å². The van der Waals surface area contributed by atoms with Gasteiger partial charge in [-0.3, -0.25) is 0 Å². The Bertz CT molecular complexity index is 1090. The molecule has 0 radical (unpaired) electrons. The Morgan fingerprint density at radius 1 is 1.20 bits per heavy atom. The molecule has 0 saturated carbocycles. The average molecular weight is 357 g/mol. The molecule has 0 aliphatic carbocycles. The van der Waals surface area contributed by atoms with Gasteiger partial charge in [0, 0.05) is 11.9 Å². The van der Waals surface area contributed by atoms with Crippen molar-refractivity contribution >= 4 is 20.9 Å². The molecule has 25 heavy (non-hydrogen) atoms. The van der Waals surface area contributed by atoms with Crippen LogP contribution in [0, 0.1) is 17.1 Å². The lowest BCUT2D eigenvalue weighted by Gasteiger charge is -2.09. The standard InChI is InChI=1S/C18H16FN3O2S/c1-3-22-17-9-6-13(19)10-15(17)16(11-20)18(22)12-4-7-14(8-5-12)25(23,24)21-2/h4-10,21H,3H2,1-2H3. The minimum absolute atomic E-state index is 0.141. The van der Waals surface area contributed by atoms with Crippen molar-refractivity contribution in [1.29, 1.82) is 5.26 Å². The summed E-state index contributed by atoms with van der Waals surface area (Å²) in [5.41, 5.74) is 2.49. The number of nitriles is 1. The first-order valence-corrected chi connectivity index (χ1v) is 9.17. The molecule has 0 atom stereocenters. The molecule has 1 N–H and O–H groups in total. The van der Waals surface area contributed by atoms with Gasteiger partial charge in [0.25, 0.3) is 0 Å². The number of hydrogen-bond donors (Lipinski definition) is 1. The highest BCUT2D eigenvalue weighted by molar-refractivity contribution is 7.89. The zero-order valence-corrected chi connectivity index (χ0v) is 14.6. The van der Waals surface area contributed by atoms with Crippen LogP contribution in [0.5, 0.6) is 0 Å². The van der Waals surface area contributed by atoms with Crippen molar-refractivity contribution in [2.24, 2.45) is 0 Å². The van der Waals surface area contributed by atoms with Gasteiger partial charge in [0.05, 0.1) is 21.7 Å². The molecule has 1 aromatic heterocycles. The van der Waals surface area contributed by atoms with E-state index in [0.29, 0.717) is 28.8 Å². The molecule has 0 fully saturated rings. The summed E-state index contributed by atoms with van der Waals surface area (Å²) >= 11 is 0. The van der Waals surface area contributed by atoms with Gasteiger partial charge in [0.2, 0.25) is 10.0 Å². The first-order valence-electron chi connectivity index (χ1n) is 7.68.